The fraction of sp³-hybridized carbons (Fsp3) is 0.261. The summed E-state index contributed by atoms with van der Waals surface area (Å²) in [6, 6.07) is 14.6. The summed E-state index contributed by atoms with van der Waals surface area (Å²) in [5.41, 5.74) is 3.20. The number of para-hydroxylation sites is 1. The van der Waals surface area contributed by atoms with E-state index >= 15 is 0 Å². The Morgan fingerprint density at radius 1 is 1.07 bits per heavy atom. The van der Waals surface area contributed by atoms with E-state index in [1.807, 2.05) is 30.3 Å². The molecule has 1 fully saturated rings. The number of nitrogens with zero attached hydrogens (tertiary/aromatic N) is 1. The van der Waals surface area contributed by atoms with Crippen molar-refractivity contribution in [3.05, 3.63) is 64.0 Å². The number of fused-ring (bicyclic) bond motifs is 1. The van der Waals surface area contributed by atoms with Crippen LogP contribution in [0.3, 0.4) is 0 Å². The quantitative estimate of drug-likeness (QED) is 0.236. The first kappa shape index (κ1) is 20.6. The molecular formula is C23H21ClN2O3S. The molecule has 3 aromatic rings. The summed E-state index contributed by atoms with van der Waals surface area (Å²) in [5.74, 6) is -0.198. The molecule has 1 saturated carbocycles. The zero-order valence-corrected chi connectivity index (χ0v) is 17.8. The second kappa shape index (κ2) is 9.41. The maximum absolute atomic E-state index is 12.7. The highest BCUT2D eigenvalue weighted by atomic mass is 35.5. The molecule has 5 nitrogen and oxygen atoms in total. The van der Waals surface area contributed by atoms with Crippen LogP contribution in [0.15, 0.2) is 53.6 Å². The SMILES string of the molecule is O=C(Oc1ccccc1C=NNC(=O)C1CCCCC1)c1sc2ccccc2c1Cl. The van der Waals surface area contributed by atoms with Crippen LogP contribution in [-0.2, 0) is 4.79 Å². The topological polar surface area (TPSA) is 67.8 Å². The van der Waals surface area contributed by atoms with E-state index in [4.69, 9.17) is 16.3 Å². The van der Waals surface area contributed by atoms with Crippen molar-refractivity contribution in [3.63, 3.8) is 0 Å². The van der Waals surface area contributed by atoms with Gasteiger partial charge < -0.3 is 4.74 Å². The molecule has 0 atom stereocenters. The molecule has 1 N–H and O–H groups in total. The summed E-state index contributed by atoms with van der Waals surface area (Å²) in [7, 11) is 0. The minimum absolute atomic E-state index is 0.0269. The van der Waals surface area contributed by atoms with Crippen molar-refractivity contribution >= 4 is 51.1 Å². The third-order valence-electron chi connectivity index (χ3n) is 5.20. The molecule has 30 heavy (non-hydrogen) atoms. The third-order valence-corrected chi connectivity index (χ3v) is 6.85. The number of esters is 1. The molecule has 0 unspecified atom stereocenters. The Morgan fingerprint density at radius 2 is 1.80 bits per heavy atom. The van der Waals surface area contributed by atoms with Crippen LogP contribution in [0.5, 0.6) is 5.75 Å². The standard InChI is InChI=1S/C23H21ClN2O3S/c24-20-17-11-5-7-13-19(17)30-21(20)23(28)29-18-12-6-4-10-16(18)14-25-26-22(27)15-8-2-1-3-9-15/h4-7,10-15H,1-3,8-9H2,(H,26,27). The molecule has 2 aromatic carbocycles. The van der Waals surface area contributed by atoms with Crippen LogP contribution in [0.1, 0.15) is 47.3 Å². The van der Waals surface area contributed by atoms with Crippen molar-refractivity contribution in [3.8, 4) is 5.75 Å². The van der Waals surface area contributed by atoms with Crippen LogP contribution in [0.25, 0.3) is 10.1 Å². The molecule has 154 valence electrons. The van der Waals surface area contributed by atoms with E-state index in [0.717, 1.165) is 35.8 Å². The Labute approximate surface area is 183 Å². The predicted molar refractivity (Wildman–Crippen MR) is 121 cm³/mol. The van der Waals surface area contributed by atoms with Gasteiger partial charge >= 0.3 is 5.97 Å². The molecule has 0 radical (unpaired) electrons. The van der Waals surface area contributed by atoms with E-state index in [1.54, 1.807) is 18.2 Å². The third kappa shape index (κ3) is 4.55. The first-order chi connectivity index (χ1) is 14.6. The maximum Gasteiger partial charge on any atom is 0.355 e. The number of hydrogen-bond donors (Lipinski definition) is 1. The first-order valence-corrected chi connectivity index (χ1v) is 11.1. The number of rotatable bonds is 5. The lowest BCUT2D eigenvalue weighted by molar-refractivity contribution is -0.125. The van der Waals surface area contributed by atoms with Gasteiger partial charge in [-0.25, -0.2) is 10.2 Å². The first-order valence-electron chi connectivity index (χ1n) is 9.94. The molecule has 7 heteroatoms. The highest BCUT2D eigenvalue weighted by Crippen LogP contribution is 2.36. The fourth-order valence-electron chi connectivity index (χ4n) is 3.59. The largest absolute Gasteiger partial charge is 0.422 e. The van der Waals surface area contributed by atoms with E-state index < -0.39 is 5.97 Å². The Morgan fingerprint density at radius 3 is 2.60 bits per heavy atom. The summed E-state index contributed by atoms with van der Waals surface area (Å²) in [6.45, 7) is 0. The van der Waals surface area contributed by atoms with Gasteiger partial charge in [-0.2, -0.15) is 5.10 Å². The van der Waals surface area contributed by atoms with Gasteiger partial charge in [-0.3, -0.25) is 4.79 Å². The van der Waals surface area contributed by atoms with Crippen molar-refractivity contribution in [2.75, 3.05) is 0 Å². The lowest BCUT2D eigenvalue weighted by Crippen LogP contribution is -2.28. The van der Waals surface area contributed by atoms with Crippen LogP contribution in [0, 0.1) is 5.92 Å². The van der Waals surface area contributed by atoms with Crippen molar-refractivity contribution in [2.45, 2.75) is 32.1 Å². The number of amides is 1. The molecule has 0 spiro atoms. The monoisotopic (exact) mass is 440 g/mol. The van der Waals surface area contributed by atoms with Gasteiger partial charge in [0.15, 0.2) is 0 Å². The molecule has 1 aliphatic rings. The van der Waals surface area contributed by atoms with Crippen molar-refractivity contribution in [1.82, 2.24) is 5.43 Å². The highest BCUT2D eigenvalue weighted by Gasteiger charge is 2.21. The number of benzene rings is 2. The molecule has 1 aromatic heterocycles. The maximum atomic E-state index is 12.7. The number of carbonyl (C=O) groups excluding carboxylic acids is 2. The summed E-state index contributed by atoms with van der Waals surface area (Å²) < 4.78 is 6.52. The molecular weight excluding hydrogens is 420 g/mol. The number of thiophene rings is 1. The van der Waals surface area contributed by atoms with Gasteiger partial charge in [0.25, 0.3) is 0 Å². The number of nitrogens with one attached hydrogen (secondary N) is 1. The van der Waals surface area contributed by atoms with Gasteiger partial charge in [-0.1, -0.05) is 61.2 Å². The zero-order valence-electron chi connectivity index (χ0n) is 16.3. The Kier molecular flexibility index (Phi) is 6.45. The van der Waals surface area contributed by atoms with E-state index in [0.29, 0.717) is 21.2 Å². The minimum atomic E-state index is -0.520. The van der Waals surface area contributed by atoms with Crippen LogP contribution in [-0.4, -0.2) is 18.1 Å². The van der Waals surface area contributed by atoms with Crippen LogP contribution in [0.2, 0.25) is 5.02 Å². The van der Waals surface area contributed by atoms with Crippen LogP contribution < -0.4 is 10.2 Å². The van der Waals surface area contributed by atoms with E-state index in [9.17, 15) is 9.59 Å². The van der Waals surface area contributed by atoms with E-state index in [2.05, 4.69) is 10.5 Å². The van der Waals surface area contributed by atoms with Gasteiger partial charge in [0.05, 0.1) is 11.2 Å². The number of hydrogen-bond acceptors (Lipinski definition) is 5. The Bertz CT molecular complexity index is 1100. The summed E-state index contributed by atoms with van der Waals surface area (Å²) in [4.78, 5) is 25.3. The van der Waals surface area contributed by atoms with Crippen molar-refractivity contribution in [2.24, 2.45) is 11.0 Å². The molecule has 0 aliphatic heterocycles. The fourth-order valence-corrected chi connectivity index (χ4v) is 4.98. The lowest BCUT2D eigenvalue weighted by Gasteiger charge is -2.19. The van der Waals surface area contributed by atoms with Crippen molar-refractivity contribution in [1.29, 1.82) is 0 Å². The molecule has 4 rings (SSSR count). The lowest BCUT2D eigenvalue weighted by atomic mass is 9.89. The number of carbonyl (C=O) groups is 2. The summed E-state index contributed by atoms with van der Waals surface area (Å²) in [6.07, 6.45) is 6.67. The molecule has 1 heterocycles. The van der Waals surface area contributed by atoms with Crippen LogP contribution in [0.4, 0.5) is 0 Å². The number of ether oxygens (including phenoxy) is 1. The number of halogens is 1. The Hall–Kier alpha value is -2.70. The highest BCUT2D eigenvalue weighted by molar-refractivity contribution is 7.21. The summed E-state index contributed by atoms with van der Waals surface area (Å²) >= 11 is 7.68. The van der Waals surface area contributed by atoms with E-state index in [-0.39, 0.29) is 11.8 Å². The van der Waals surface area contributed by atoms with Gasteiger partial charge in [0.1, 0.15) is 10.6 Å². The second-order valence-electron chi connectivity index (χ2n) is 7.24. The van der Waals surface area contributed by atoms with Gasteiger partial charge in [-0.05, 0) is 31.0 Å². The average Bonchev–Trinajstić information content (AvgIpc) is 3.12. The normalized spacial score (nSPS) is 14.8. The second-order valence-corrected chi connectivity index (χ2v) is 8.67. The van der Waals surface area contributed by atoms with Gasteiger partial charge in [0, 0.05) is 21.6 Å². The smallest absolute Gasteiger partial charge is 0.355 e. The van der Waals surface area contributed by atoms with Gasteiger partial charge in [-0.15, -0.1) is 11.3 Å². The predicted octanol–water partition coefficient (Wildman–Crippen LogP) is 5.80. The minimum Gasteiger partial charge on any atom is -0.422 e. The molecule has 0 bridgehead atoms. The zero-order chi connectivity index (χ0) is 20.9. The molecule has 1 amide bonds. The van der Waals surface area contributed by atoms with Crippen molar-refractivity contribution < 1.29 is 14.3 Å². The summed E-state index contributed by atoms with van der Waals surface area (Å²) in [5, 5.41) is 5.30. The van der Waals surface area contributed by atoms with Crippen LogP contribution >= 0.6 is 22.9 Å². The van der Waals surface area contributed by atoms with Gasteiger partial charge in [0.2, 0.25) is 5.91 Å². The number of hydrazone groups is 1. The van der Waals surface area contributed by atoms with E-state index in [1.165, 1.54) is 24.0 Å². The molecule has 0 saturated heterocycles. The Balaban J connectivity index is 1.46. The average molecular weight is 441 g/mol. The molecule has 1 aliphatic carbocycles.